The van der Waals surface area contributed by atoms with Gasteiger partial charge in [-0.25, -0.2) is 0 Å². The first kappa shape index (κ1) is 11.7. The van der Waals surface area contributed by atoms with E-state index in [-0.39, 0.29) is 4.83 Å². The molecular weight excluding hydrogens is 278 g/mol. The second-order valence-electron chi connectivity index (χ2n) is 3.48. The van der Waals surface area contributed by atoms with Crippen molar-refractivity contribution in [2.75, 3.05) is 0 Å². The number of hydrogen-bond donors (Lipinski definition) is 0. The fourth-order valence-electron chi connectivity index (χ4n) is 1.43. The van der Waals surface area contributed by atoms with Crippen molar-refractivity contribution in [3.8, 4) is 17.6 Å². The Hall–Kier alpha value is -1.79. The van der Waals surface area contributed by atoms with E-state index in [0.29, 0.717) is 0 Å². The fourth-order valence-corrected chi connectivity index (χ4v) is 1.72. The quantitative estimate of drug-likeness (QED) is 0.782. The zero-order valence-electron chi connectivity index (χ0n) is 9.01. The van der Waals surface area contributed by atoms with Crippen molar-refractivity contribution in [1.29, 1.82) is 5.26 Å². The first-order valence-electron chi connectivity index (χ1n) is 5.16. The van der Waals surface area contributed by atoms with Crippen LogP contribution in [-0.2, 0) is 0 Å². The molecule has 0 fully saturated rings. The molecule has 3 heteroatoms. The second-order valence-corrected chi connectivity index (χ2v) is 4.39. The number of alkyl halides is 1. The van der Waals surface area contributed by atoms with Gasteiger partial charge in [-0.3, -0.25) is 0 Å². The predicted molar refractivity (Wildman–Crippen MR) is 70.2 cm³/mol. The van der Waals surface area contributed by atoms with Crippen LogP contribution in [0.5, 0.6) is 11.5 Å². The summed E-state index contributed by atoms with van der Waals surface area (Å²) in [4.78, 5) is -0.304. The second kappa shape index (κ2) is 5.51. The average molecular weight is 288 g/mol. The summed E-state index contributed by atoms with van der Waals surface area (Å²) in [5.74, 6) is 1.51. The Labute approximate surface area is 109 Å². The van der Waals surface area contributed by atoms with Gasteiger partial charge in [0.25, 0.3) is 0 Å². The largest absolute Gasteiger partial charge is 0.457 e. The third-order valence-electron chi connectivity index (χ3n) is 2.24. The number of hydrogen-bond acceptors (Lipinski definition) is 2. The number of halogens is 1. The van der Waals surface area contributed by atoms with Crippen molar-refractivity contribution in [2.24, 2.45) is 0 Å². The molecule has 0 radical (unpaired) electrons. The summed E-state index contributed by atoms with van der Waals surface area (Å²) in [5.41, 5.74) is 0.890. The van der Waals surface area contributed by atoms with Gasteiger partial charge in [0.1, 0.15) is 16.3 Å². The Kier molecular flexibility index (Phi) is 3.79. The molecule has 0 saturated heterocycles. The van der Waals surface area contributed by atoms with Crippen molar-refractivity contribution < 1.29 is 4.74 Å². The molecular formula is C14H10BrNO. The summed E-state index contributed by atoms with van der Waals surface area (Å²) in [6.45, 7) is 0. The molecule has 2 aromatic rings. The molecule has 1 atom stereocenters. The Balaban J connectivity index is 2.20. The summed E-state index contributed by atoms with van der Waals surface area (Å²) in [7, 11) is 0. The predicted octanol–water partition coefficient (Wildman–Crippen LogP) is 4.44. The lowest BCUT2D eigenvalue weighted by Crippen LogP contribution is -1.88. The van der Waals surface area contributed by atoms with Gasteiger partial charge in [-0.05, 0) is 29.8 Å². The van der Waals surface area contributed by atoms with Crippen molar-refractivity contribution in [2.45, 2.75) is 4.83 Å². The maximum Gasteiger partial charge on any atom is 0.127 e. The van der Waals surface area contributed by atoms with Crippen molar-refractivity contribution in [1.82, 2.24) is 0 Å². The first-order chi connectivity index (χ1) is 8.29. The third-order valence-corrected chi connectivity index (χ3v) is 2.98. The summed E-state index contributed by atoms with van der Waals surface area (Å²) in [5, 5.41) is 8.83. The molecule has 0 spiro atoms. The highest BCUT2D eigenvalue weighted by Crippen LogP contribution is 2.27. The minimum atomic E-state index is -0.304. The molecule has 2 nitrogen and oxygen atoms in total. The van der Waals surface area contributed by atoms with Crippen LogP contribution in [-0.4, -0.2) is 0 Å². The first-order valence-corrected chi connectivity index (χ1v) is 6.08. The topological polar surface area (TPSA) is 33.0 Å². The lowest BCUT2D eigenvalue weighted by Gasteiger charge is -2.07. The zero-order chi connectivity index (χ0) is 12.1. The highest BCUT2D eigenvalue weighted by atomic mass is 79.9. The molecule has 0 saturated carbocycles. The molecule has 0 aromatic heterocycles. The maximum atomic E-state index is 8.83. The van der Waals surface area contributed by atoms with E-state index < -0.39 is 0 Å². The number of nitriles is 1. The molecule has 0 amide bonds. The van der Waals surface area contributed by atoms with Crippen molar-refractivity contribution in [3.63, 3.8) is 0 Å². The SMILES string of the molecule is N#C[C@H](Br)c1cccc(Oc2ccccc2)c1. The minimum Gasteiger partial charge on any atom is -0.457 e. The lowest BCUT2D eigenvalue weighted by atomic mass is 10.1. The summed E-state index contributed by atoms with van der Waals surface area (Å²) < 4.78 is 5.68. The van der Waals surface area contributed by atoms with E-state index in [0.717, 1.165) is 17.1 Å². The molecule has 0 N–H and O–H groups in total. The van der Waals surface area contributed by atoms with Gasteiger partial charge in [-0.1, -0.05) is 46.3 Å². The van der Waals surface area contributed by atoms with E-state index in [2.05, 4.69) is 22.0 Å². The number of nitrogens with zero attached hydrogens (tertiary/aromatic N) is 1. The van der Waals surface area contributed by atoms with Crippen LogP contribution in [0.2, 0.25) is 0 Å². The van der Waals surface area contributed by atoms with Crippen molar-refractivity contribution >= 4 is 15.9 Å². The maximum absolute atomic E-state index is 8.83. The van der Waals surface area contributed by atoms with Gasteiger partial charge in [0.15, 0.2) is 0 Å². The van der Waals surface area contributed by atoms with Crippen LogP contribution in [0.25, 0.3) is 0 Å². The lowest BCUT2D eigenvalue weighted by molar-refractivity contribution is 0.482. The summed E-state index contributed by atoms with van der Waals surface area (Å²) >= 11 is 3.29. The Morgan fingerprint density at radius 2 is 1.71 bits per heavy atom. The molecule has 84 valence electrons. The molecule has 0 aliphatic rings. The van der Waals surface area contributed by atoms with Gasteiger partial charge in [-0.15, -0.1) is 0 Å². The van der Waals surface area contributed by atoms with Gasteiger partial charge >= 0.3 is 0 Å². The average Bonchev–Trinajstić information content (AvgIpc) is 2.39. The van der Waals surface area contributed by atoms with E-state index in [1.807, 2.05) is 54.6 Å². The molecule has 0 aliphatic heterocycles. The molecule has 0 aliphatic carbocycles. The molecule has 17 heavy (non-hydrogen) atoms. The van der Waals surface area contributed by atoms with Gasteiger partial charge in [0.2, 0.25) is 0 Å². The molecule has 0 unspecified atom stereocenters. The van der Waals surface area contributed by atoms with Crippen LogP contribution < -0.4 is 4.74 Å². The van der Waals surface area contributed by atoms with Crippen LogP contribution in [0.15, 0.2) is 54.6 Å². The van der Waals surface area contributed by atoms with Gasteiger partial charge in [-0.2, -0.15) is 5.26 Å². The molecule has 2 rings (SSSR count). The minimum absolute atomic E-state index is 0.304. The molecule has 0 heterocycles. The van der Waals surface area contributed by atoms with Crippen LogP contribution >= 0.6 is 15.9 Å². The highest BCUT2D eigenvalue weighted by molar-refractivity contribution is 9.09. The van der Waals surface area contributed by atoms with Crippen molar-refractivity contribution in [3.05, 3.63) is 60.2 Å². The number of benzene rings is 2. The molecule has 2 aromatic carbocycles. The summed E-state index contributed by atoms with van der Waals surface area (Å²) in [6.07, 6.45) is 0. The Morgan fingerprint density at radius 1 is 1.00 bits per heavy atom. The van der Waals surface area contributed by atoms with Crippen LogP contribution in [0.4, 0.5) is 0 Å². The standard InChI is InChI=1S/C14H10BrNO/c15-14(10-16)11-5-4-8-13(9-11)17-12-6-2-1-3-7-12/h1-9,14H/t14-/m0/s1. The Bertz CT molecular complexity index is 533. The summed E-state index contributed by atoms with van der Waals surface area (Å²) in [6, 6.07) is 19.2. The third kappa shape index (κ3) is 3.08. The van der Waals surface area contributed by atoms with Gasteiger partial charge < -0.3 is 4.74 Å². The molecule has 0 bridgehead atoms. The van der Waals surface area contributed by atoms with Gasteiger partial charge in [0.05, 0.1) is 6.07 Å². The van der Waals surface area contributed by atoms with E-state index in [4.69, 9.17) is 10.00 Å². The smallest absolute Gasteiger partial charge is 0.127 e. The number of para-hydroxylation sites is 1. The fraction of sp³-hybridized carbons (Fsp3) is 0.0714. The normalized spacial score (nSPS) is 11.5. The van der Waals surface area contributed by atoms with Gasteiger partial charge in [0, 0.05) is 0 Å². The van der Waals surface area contributed by atoms with Crippen LogP contribution in [0.1, 0.15) is 10.4 Å². The Morgan fingerprint density at radius 3 is 2.41 bits per heavy atom. The number of rotatable bonds is 3. The van der Waals surface area contributed by atoms with E-state index in [1.54, 1.807) is 0 Å². The zero-order valence-corrected chi connectivity index (χ0v) is 10.6. The van der Waals surface area contributed by atoms with Crippen LogP contribution in [0, 0.1) is 11.3 Å². The number of ether oxygens (including phenoxy) is 1. The monoisotopic (exact) mass is 287 g/mol. The van der Waals surface area contributed by atoms with E-state index >= 15 is 0 Å². The van der Waals surface area contributed by atoms with Crippen LogP contribution in [0.3, 0.4) is 0 Å². The van der Waals surface area contributed by atoms with E-state index in [1.165, 1.54) is 0 Å². The highest BCUT2D eigenvalue weighted by Gasteiger charge is 2.06. The van der Waals surface area contributed by atoms with E-state index in [9.17, 15) is 0 Å².